The molecule has 1 aliphatic rings. The molecule has 364 valence electrons. The summed E-state index contributed by atoms with van der Waals surface area (Å²) >= 11 is 0. The van der Waals surface area contributed by atoms with E-state index in [1.165, 1.54) is 160 Å². The van der Waals surface area contributed by atoms with Gasteiger partial charge in [-0.3, -0.25) is 9.35 Å². The Morgan fingerprint density at radius 1 is 0.581 bits per heavy atom. The Kier molecular flexibility index (Phi) is 37.0. The Labute approximate surface area is 377 Å². The lowest BCUT2D eigenvalue weighted by molar-refractivity contribution is -0.297. The van der Waals surface area contributed by atoms with Crippen LogP contribution in [0.15, 0.2) is 24.3 Å². The third kappa shape index (κ3) is 33.6. The minimum absolute atomic E-state index is 0.204. The molecule has 13 heteroatoms. The summed E-state index contributed by atoms with van der Waals surface area (Å²) in [5.74, 6) is -2.23. The number of unbranched alkanes of at least 4 members (excludes halogenated alkanes) is 29. The van der Waals surface area contributed by atoms with Gasteiger partial charge in [-0.25, -0.2) is 4.79 Å². The number of hydrogen-bond acceptors (Lipinski definition) is 11. The number of carbonyl (C=O) groups is 2. The molecule has 0 aromatic rings. The predicted octanol–water partition coefficient (Wildman–Crippen LogP) is 10.8. The average molecular weight is 903 g/mol. The summed E-state index contributed by atoms with van der Waals surface area (Å²) in [6.45, 7) is 3.69. The van der Waals surface area contributed by atoms with E-state index in [-0.39, 0.29) is 13.0 Å². The fourth-order valence-corrected chi connectivity index (χ4v) is 8.45. The molecule has 0 aromatic carbocycles. The van der Waals surface area contributed by atoms with Crippen molar-refractivity contribution in [1.82, 2.24) is 0 Å². The van der Waals surface area contributed by atoms with E-state index in [9.17, 15) is 37.9 Å². The largest absolute Gasteiger partial charge is 0.462 e. The third-order valence-corrected chi connectivity index (χ3v) is 12.4. The van der Waals surface area contributed by atoms with Crippen molar-refractivity contribution in [2.75, 3.05) is 19.0 Å². The van der Waals surface area contributed by atoms with Gasteiger partial charge in [0, 0.05) is 12.5 Å². The van der Waals surface area contributed by atoms with Gasteiger partial charge in [-0.1, -0.05) is 212 Å². The number of aliphatic hydroxyl groups is 3. The van der Waals surface area contributed by atoms with Gasteiger partial charge in [-0.05, 0) is 19.3 Å². The van der Waals surface area contributed by atoms with Crippen molar-refractivity contribution >= 4 is 22.1 Å². The van der Waals surface area contributed by atoms with Crippen molar-refractivity contribution in [3.63, 3.8) is 0 Å². The fourth-order valence-electron chi connectivity index (χ4n) is 7.76. The monoisotopic (exact) mass is 903 g/mol. The van der Waals surface area contributed by atoms with Gasteiger partial charge in [0.05, 0.1) is 6.61 Å². The van der Waals surface area contributed by atoms with Gasteiger partial charge in [-0.15, -0.1) is 0 Å². The van der Waals surface area contributed by atoms with Gasteiger partial charge in [0.15, 0.2) is 12.4 Å². The summed E-state index contributed by atoms with van der Waals surface area (Å²) < 4.78 is 54.0. The highest BCUT2D eigenvalue weighted by atomic mass is 32.2. The molecule has 2 unspecified atom stereocenters. The topological polar surface area (TPSA) is 186 Å². The normalized spacial score (nSPS) is 20.0. The molecule has 0 spiro atoms. The van der Waals surface area contributed by atoms with Crippen molar-refractivity contribution in [2.45, 2.75) is 256 Å². The zero-order valence-electron chi connectivity index (χ0n) is 39.0. The van der Waals surface area contributed by atoms with Crippen LogP contribution in [0, 0.1) is 0 Å². The molecule has 0 aromatic heterocycles. The standard InChI is InChI=1S/C49H90O12S/c1-3-5-7-9-11-13-15-17-19-20-21-22-24-25-27-29-31-33-35-37-44(50)58-39-42(40-59-49-48(54)47(53)46(52)43(61-49)41-62(55,56)57)60-45(51)38-36-34-32-30-28-26-23-18-16-14-12-10-8-6-4-2/h32,34,36,38,42-43,46-49,52-54H,3-31,33,35,37,39-41H2,1-2H3,(H,55,56,57)/b34-32+,38-36+/t42-,43-,46-,47?,48?,49+/m1/s1. The highest BCUT2D eigenvalue weighted by Gasteiger charge is 2.46. The van der Waals surface area contributed by atoms with E-state index < -0.39 is 71.2 Å². The van der Waals surface area contributed by atoms with Crippen LogP contribution in [0.5, 0.6) is 0 Å². The second kappa shape index (κ2) is 39.5. The van der Waals surface area contributed by atoms with Gasteiger partial charge in [0.25, 0.3) is 10.1 Å². The number of ether oxygens (including phenoxy) is 4. The highest BCUT2D eigenvalue weighted by Crippen LogP contribution is 2.24. The van der Waals surface area contributed by atoms with Gasteiger partial charge >= 0.3 is 11.9 Å². The molecule has 4 N–H and O–H groups in total. The summed E-state index contributed by atoms with van der Waals surface area (Å²) in [6.07, 6.45) is 35.7. The van der Waals surface area contributed by atoms with Crippen molar-refractivity contribution in [3.8, 4) is 0 Å². The maximum Gasteiger partial charge on any atom is 0.331 e. The fraction of sp³-hybridized carbons (Fsp3) is 0.878. The summed E-state index contributed by atoms with van der Waals surface area (Å²) in [5.41, 5.74) is 0. The molecule has 6 atom stereocenters. The molecule has 12 nitrogen and oxygen atoms in total. The number of hydrogen-bond donors (Lipinski definition) is 4. The molecular weight excluding hydrogens is 813 g/mol. The van der Waals surface area contributed by atoms with E-state index in [0.717, 1.165) is 38.5 Å². The maximum absolute atomic E-state index is 12.7. The molecule has 62 heavy (non-hydrogen) atoms. The first-order chi connectivity index (χ1) is 30.0. The summed E-state index contributed by atoms with van der Waals surface area (Å²) in [4.78, 5) is 25.3. The molecule has 0 aliphatic carbocycles. The predicted molar refractivity (Wildman–Crippen MR) is 247 cm³/mol. The second-order valence-electron chi connectivity index (χ2n) is 17.6. The van der Waals surface area contributed by atoms with Crippen LogP contribution < -0.4 is 0 Å². The Balaban J connectivity index is 2.42. The molecule has 1 rings (SSSR count). The Bertz CT molecular complexity index is 1240. The van der Waals surface area contributed by atoms with E-state index in [1.54, 1.807) is 12.2 Å². The Hall–Kier alpha value is -1.87. The Morgan fingerprint density at radius 3 is 1.47 bits per heavy atom. The minimum atomic E-state index is -4.61. The zero-order chi connectivity index (χ0) is 45.5. The Morgan fingerprint density at radius 2 is 1.02 bits per heavy atom. The van der Waals surface area contributed by atoms with Crippen molar-refractivity contribution in [2.24, 2.45) is 0 Å². The summed E-state index contributed by atoms with van der Waals surface area (Å²) in [6, 6.07) is 0. The number of aliphatic hydroxyl groups excluding tert-OH is 3. The van der Waals surface area contributed by atoms with Crippen LogP contribution in [0.25, 0.3) is 0 Å². The zero-order valence-corrected chi connectivity index (χ0v) is 39.8. The van der Waals surface area contributed by atoms with Crippen LogP contribution in [0.2, 0.25) is 0 Å². The summed E-state index contributed by atoms with van der Waals surface area (Å²) in [5, 5.41) is 30.9. The van der Waals surface area contributed by atoms with Gasteiger partial charge in [0.1, 0.15) is 36.8 Å². The average Bonchev–Trinajstić information content (AvgIpc) is 3.24. The molecular formula is C49H90O12S. The number of rotatable bonds is 42. The lowest BCUT2D eigenvalue weighted by Crippen LogP contribution is -2.60. The highest BCUT2D eigenvalue weighted by molar-refractivity contribution is 7.85. The first kappa shape index (κ1) is 58.1. The number of carbonyl (C=O) groups excluding carboxylic acids is 2. The molecule has 1 aliphatic heterocycles. The van der Waals surface area contributed by atoms with Crippen LogP contribution in [0.3, 0.4) is 0 Å². The molecule has 1 saturated heterocycles. The van der Waals surface area contributed by atoms with E-state index >= 15 is 0 Å². The van der Waals surface area contributed by atoms with Crippen LogP contribution >= 0.6 is 0 Å². The molecule has 0 amide bonds. The molecule has 1 heterocycles. The van der Waals surface area contributed by atoms with Crippen molar-refractivity contribution in [3.05, 3.63) is 24.3 Å². The van der Waals surface area contributed by atoms with E-state index in [1.807, 2.05) is 6.08 Å². The minimum Gasteiger partial charge on any atom is -0.462 e. The van der Waals surface area contributed by atoms with Crippen molar-refractivity contribution < 1.29 is 56.8 Å². The van der Waals surface area contributed by atoms with Gasteiger partial charge < -0.3 is 34.3 Å². The molecule has 0 radical (unpaired) electrons. The second-order valence-corrected chi connectivity index (χ2v) is 19.1. The van der Waals surface area contributed by atoms with E-state index in [4.69, 9.17) is 18.9 Å². The van der Waals surface area contributed by atoms with Crippen LogP contribution in [0.1, 0.15) is 219 Å². The SMILES string of the molecule is CCCCCCCCCCCCC/C=C/C=C/C(=O)O[C@H](COC(=O)CCCCCCCCCCCCCCCCCCCCC)CO[C@H]1O[C@H](CS(=O)(=O)O)[C@@H](O)C(O)C1O. The number of esters is 2. The van der Waals surface area contributed by atoms with E-state index in [0.29, 0.717) is 6.42 Å². The van der Waals surface area contributed by atoms with Gasteiger partial charge in [0.2, 0.25) is 0 Å². The lowest BCUT2D eigenvalue weighted by Gasteiger charge is -2.40. The lowest BCUT2D eigenvalue weighted by atomic mass is 10.00. The first-order valence-electron chi connectivity index (χ1n) is 24.9. The number of allylic oxidation sites excluding steroid dienone is 3. The summed E-state index contributed by atoms with van der Waals surface area (Å²) in [7, 11) is -4.61. The molecule has 0 bridgehead atoms. The maximum atomic E-state index is 12.7. The van der Waals surface area contributed by atoms with Crippen molar-refractivity contribution in [1.29, 1.82) is 0 Å². The van der Waals surface area contributed by atoms with Crippen LogP contribution in [-0.4, -0.2) is 96.0 Å². The van der Waals surface area contributed by atoms with Crippen LogP contribution in [0.4, 0.5) is 0 Å². The first-order valence-corrected chi connectivity index (χ1v) is 26.5. The molecule has 1 fully saturated rings. The molecule has 0 saturated carbocycles. The smallest absolute Gasteiger partial charge is 0.331 e. The van der Waals surface area contributed by atoms with E-state index in [2.05, 4.69) is 13.8 Å². The quantitative estimate of drug-likeness (QED) is 0.0150. The third-order valence-electron chi connectivity index (χ3n) is 11.6. The van der Waals surface area contributed by atoms with Gasteiger partial charge in [-0.2, -0.15) is 8.42 Å². The van der Waals surface area contributed by atoms with Crippen LogP contribution in [-0.2, 0) is 38.7 Å².